The Balaban J connectivity index is 1.92. The highest BCUT2D eigenvalue weighted by molar-refractivity contribution is 5.75. The number of nitrogens with zero attached hydrogens (tertiary/aromatic N) is 1. The molecule has 0 amide bonds. The van der Waals surface area contributed by atoms with Crippen molar-refractivity contribution in [3.05, 3.63) is 0 Å². The average Bonchev–Trinajstić information content (AvgIpc) is 2.42. The minimum Gasteiger partial charge on any atom is -0.481 e. The molecule has 1 saturated carbocycles. The SMILES string of the molecule is CC1CCC(CN2CCC(C(C)C)CC2)(C(=O)O)CC1. The van der Waals surface area contributed by atoms with Gasteiger partial charge in [0.25, 0.3) is 0 Å². The summed E-state index contributed by atoms with van der Waals surface area (Å²) in [5.74, 6) is 1.74. The van der Waals surface area contributed by atoms with Crippen molar-refractivity contribution in [1.29, 1.82) is 0 Å². The van der Waals surface area contributed by atoms with E-state index in [4.69, 9.17) is 0 Å². The molecule has 0 atom stereocenters. The standard InChI is InChI=1S/C17H31NO2/c1-13(2)15-6-10-18(11-7-15)12-17(16(19)20)8-4-14(3)5-9-17/h13-15H,4-12H2,1-3H3,(H,19,20). The maximum absolute atomic E-state index is 11.8. The summed E-state index contributed by atoms with van der Waals surface area (Å²) in [5, 5.41) is 9.72. The first-order valence-electron chi connectivity index (χ1n) is 8.39. The summed E-state index contributed by atoms with van der Waals surface area (Å²) < 4.78 is 0. The molecule has 3 nitrogen and oxygen atoms in total. The van der Waals surface area contributed by atoms with Crippen LogP contribution < -0.4 is 0 Å². The third kappa shape index (κ3) is 3.55. The normalized spacial score (nSPS) is 33.5. The molecule has 116 valence electrons. The summed E-state index contributed by atoms with van der Waals surface area (Å²) in [6, 6.07) is 0. The predicted octanol–water partition coefficient (Wildman–Crippen LogP) is 3.64. The van der Waals surface area contributed by atoms with Gasteiger partial charge in [-0.05, 0) is 69.4 Å². The van der Waals surface area contributed by atoms with Crippen LogP contribution in [0.2, 0.25) is 0 Å². The number of rotatable bonds is 4. The number of likely N-dealkylation sites (tertiary alicyclic amines) is 1. The monoisotopic (exact) mass is 281 g/mol. The van der Waals surface area contributed by atoms with Crippen molar-refractivity contribution in [3.8, 4) is 0 Å². The van der Waals surface area contributed by atoms with E-state index in [1.54, 1.807) is 0 Å². The molecule has 1 saturated heterocycles. The Labute approximate surface area is 123 Å². The molecule has 2 aliphatic rings. The molecule has 2 fully saturated rings. The van der Waals surface area contributed by atoms with E-state index in [0.29, 0.717) is 5.92 Å². The van der Waals surface area contributed by atoms with Crippen LogP contribution in [0.1, 0.15) is 59.3 Å². The Morgan fingerprint density at radius 1 is 1.20 bits per heavy atom. The van der Waals surface area contributed by atoms with Crippen LogP contribution in [0, 0.1) is 23.2 Å². The van der Waals surface area contributed by atoms with Crippen LogP contribution in [0.5, 0.6) is 0 Å². The second-order valence-electron chi connectivity index (χ2n) is 7.63. The van der Waals surface area contributed by atoms with Crippen LogP contribution in [-0.4, -0.2) is 35.6 Å². The van der Waals surface area contributed by atoms with Crippen molar-refractivity contribution in [2.45, 2.75) is 59.3 Å². The van der Waals surface area contributed by atoms with E-state index in [2.05, 4.69) is 25.7 Å². The van der Waals surface area contributed by atoms with Gasteiger partial charge >= 0.3 is 5.97 Å². The molecule has 1 aliphatic heterocycles. The Bertz CT molecular complexity index is 324. The second-order valence-corrected chi connectivity index (χ2v) is 7.63. The van der Waals surface area contributed by atoms with Gasteiger partial charge in [-0.2, -0.15) is 0 Å². The molecule has 0 radical (unpaired) electrons. The number of aliphatic carboxylic acids is 1. The van der Waals surface area contributed by atoms with E-state index < -0.39 is 11.4 Å². The van der Waals surface area contributed by atoms with Gasteiger partial charge in [0.05, 0.1) is 5.41 Å². The van der Waals surface area contributed by atoms with Crippen molar-refractivity contribution >= 4 is 5.97 Å². The quantitative estimate of drug-likeness (QED) is 0.855. The molecule has 1 heterocycles. The third-order valence-corrected chi connectivity index (χ3v) is 5.79. The van der Waals surface area contributed by atoms with Gasteiger partial charge in [0.1, 0.15) is 0 Å². The fraction of sp³-hybridized carbons (Fsp3) is 0.941. The lowest BCUT2D eigenvalue weighted by Crippen LogP contribution is -2.48. The number of hydrogen-bond acceptors (Lipinski definition) is 2. The van der Waals surface area contributed by atoms with Gasteiger partial charge in [-0.15, -0.1) is 0 Å². The van der Waals surface area contributed by atoms with Gasteiger partial charge in [-0.1, -0.05) is 20.8 Å². The largest absolute Gasteiger partial charge is 0.481 e. The van der Waals surface area contributed by atoms with Gasteiger partial charge in [-0.25, -0.2) is 0 Å². The van der Waals surface area contributed by atoms with Gasteiger partial charge < -0.3 is 10.0 Å². The van der Waals surface area contributed by atoms with Crippen LogP contribution in [0.15, 0.2) is 0 Å². The van der Waals surface area contributed by atoms with Crippen LogP contribution in [-0.2, 0) is 4.79 Å². The topological polar surface area (TPSA) is 40.5 Å². The average molecular weight is 281 g/mol. The zero-order valence-corrected chi connectivity index (χ0v) is 13.4. The number of carbonyl (C=O) groups is 1. The highest BCUT2D eigenvalue weighted by Gasteiger charge is 2.42. The smallest absolute Gasteiger partial charge is 0.310 e. The van der Waals surface area contributed by atoms with Gasteiger partial charge in [0.15, 0.2) is 0 Å². The highest BCUT2D eigenvalue weighted by atomic mass is 16.4. The first-order chi connectivity index (χ1) is 9.43. The molecule has 0 spiro atoms. The number of piperidine rings is 1. The summed E-state index contributed by atoms with van der Waals surface area (Å²) in [7, 11) is 0. The summed E-state index contributed by atoms with van der Waals surface area (Å²) in [4.78, 5) is 14.2. The number of hydrogen-bond donors (Lipinski definition) is 1. The first-order valence-corrected chi connectivity index (χ1v) is 8.39. The summed E-state index contributed by atoms with van der Waals surface area (Å²) in [6.07, 6.45) is 6.37. The van der Waals surface area contributed by atoms with Gasteiger partial charge in [0.2, 0.25) is 0 Å². The van der Waals surface area contributed by atoms with Crippen molar-refractivity contribution in [3.63, 3.8) is 0 Å². The maximum atomic E-state index is 11.8. The number of carboxylic acids is 1. The van der Waals surface area contributed by atoms with Crippen LogP contribution in [0.3, 0.4) is 0 Å². The molecule has 0 aromatic carbocycles. The predicted molar refractivity (Wildman–Crippen MR) is 81.7 cm³/mol. The van der Waals surface area contributed by atoms with E-state index in [1.807, 2.05) is 0 Å². The Hall–Kier alpha value is -0.570. The molecule has 20 heavy (non-hydrogen) atoms. The van der Waals surface area contributed by atoms with Crippen molar-refractivity contribution < 1.29 is 9.90 Å². The first kappa shape index (κ1) is 15.8. The van der Waals surface area contributed by atoms with Crippen molar-refractivity contribution in [2.24, 2.45) is 23.2 Å². The molecular weight excluding hydrogens is 250 g/mol. The van der Waals surface area contributed by atoms with Crippen LogP contribution >= 0.6 is 0 Å². The molecule has 1 N–H and O–H groups in total. The molecule has 0 aromatic heterocycles. The summed E-state index contributed by atoms with van der Waals surface area (Å²) in [6.45, 7) is 9.82. The molecule has 3 heteroatoms. The Morgan fingerprint density at radius 3 is 2.20 bits per heavy atom. The lowest BCUT2D eigenvalue weighted by atomic mass is 9.70. The van der Waals surface area contributed by atoms with Crippen LogP contribution in [0.4, 0.5) is 0 Å². The van der Waals surface area contributed by atoms with Gasteiger partial charge in [0, 0.05) is 6.54 Å². The van der Waals surface area contributed by atoms with E-state index in [9.17, 15) is 9.90 Å². The van der Waals surface area contributed by atoms with Crippen molar-refractivity contribution in [1.82, 2.24) is 4.90 Å². The lowest BCUT2D eigenvalue weighted by molar-refractivity contribution is -0.153. The van der Waals surface area contributed by atoms with E-state index in [0.717, 1.165) is 57.2 Å². The summed E-state index contributed by atoms with van der Waals surface area (Å²) in [5.41, 5.74) is -0.461. The fourth-order valence-electron chi connectivity index (χ4n) is 3.96. The number of carboxylic acid groups (broad SMARTS) is 1. The van der Waals surface area contributed by atoms with Gasteiger partial charge in [-0.3, -0.25) is 4.79 Å². The van der Waals surface area contributed by atoms with E-state index in [-0.39, 0.29) is 0 Å². The molecule has 1 aliphatic carbocycles. The van der Waals surface area contributed by atoms with E-state index >= 15 is 0 Å². The lowest BCUT2D eigenvalue weighted by Gasteiger charge is -2.42. The summed E-state index contributed by atoms with van der Waals surface area (Å²) >= 11 is 0. The maximum Gasteiger partial charge on any atom is 0.310 e. The Kier molecular flexibility index (Phi) is 5.11. The third-order valence-electron chi connectivity index (χ3n) is 5.79. The van der Waals surface area contributed by atoms with E-state index in [1.165, 1.54) is 12.8 Å². The fourth-order valence-corrected chi connectivity index (χ4v) is 3.96. The van der Waals surface area contributed by atoms with Crippen LogP contribution in [0.25, 0.3) is 0 Å². The molecule has 0 bridgehead atoms. The minimum atomic E-state index is -0.560. The Morgan fingerprint density at radius 2 is 1.75 bits per heavy atom. The minimum absolute atomic E-state index is 0.461. The molecule has 0 aromatic rings. The molecular formula is C17H31NO2. The van der Waals surface area contributed by atoms with Crippen molar-refractivity contribution in [2.75, 3.05) is 19.6 Å². The zero-order chi connectivity index (χ0) is 14.8. The highest BCUT2D eigenvalue weighted by Crippen LogP contribution is 2.40. The molecule has 0 unspecified atom stereocenters. The second kappa shape index (κ2) is 6.46. The zero-order valence-electron chi connectivity index (χ0n) is 13.4. The molecule has 2 rings (SSSR count).